The number of benzene rings is 1. The molecule has 0 bridgehead atoms. The predicted octanol–water partition coefficient (Wildman–Crippen LogP) is 3.25. The number of aromatic nitrogens is 3. The van der Waals surface area contributed by atoms with Crippen LogP contribution in [0.25, 0.3) is 10.5 Å². The second-order valence-electron chi connectivity index (χ2n) is 7.25. The number of amides is 1. The first-order valence-corrected chi connectivity index (χ1v) is 10.3. The third-order valence-corrected chi connectivity index (χ3v) is 6.21. The first kappa shape index (κ1) is 16.6. The molecule has 1 aliphatic carbocycles. The van der Waals surface area contributed by atoms with Crippen molar-refractivity contribution in [2.75, 3.05) is 11.4 Å². The van der Waals surface area contributed by atoms with E-state index in [9.17, 15) is 4.79 Å². The van der Waals surface area contributed by atoms with E-state index in [-0.39, 0.29) is 11.9 Å². The lowest BCUT2D eigenvalue weighted by Crippen LogP contribution is -2.43. The Kier molecular flexibility index (Phi) is 4.24. The van der Waals surface area contributed by atoms with Crippen LogP contribution in [0.2, 0.25) is 0 Å². The number of fused-ring (bicyclic) bond motifs is 1. The van der Waals surface area contributed by atoms with E-state index in [1.807, 2.05) is 36.5 Å². The highest BCUT2D eigenvalue weighted by molar-refractivity contribution is 7.21. The van der Waals surface area contributed by atoms with Gasteiger partial charge in [-0.25, -0.2) is 9.97 Å². The lowest BCUT2D eigenvalue weighted by molar-refractivity contribution is -0.122. The fraction of sp³-hybridized carbons (Fsp3) is 0.400. The van der Waals surface area contributed by atoms with Crippen molar-refractivity contribution in [1.29, 1.82) is 0 Å². The Labute approximate surface area is 161 Å². The van der Waals surface area contributed by atoms with E-state index in [0.717, 1.165) is 40.6 Å². The maximum absolute atomic E-state index is 12.8. The lowest BCUT2D eigenvalue weighted by atomic mass is 10.2. The van der Waals surface area contributed by atoms with E-state index in [1.165, 1.54) is 12.8 Å². The minimum absolute atomic E-state index is 0.0650. The largest absolute Gasteiger partial charge is 0.350 e. The van der Waals surface area contributed by atoms with Crippen molar-refractivity contribution in [3.63, 3.8) is 0 Å². The third kappa shape index (κ3) is 3.39. The number of rotatable bonds is 5. The van der Waals surface area contributed by atoms with E-state index in [1.54, 1.807) is 11.3 Å². The Morgan fingerprint density at radius 1 is 1.19 bits per heavy atom. The van der Waals surface area contributed by atoms with Crippen LogP contribution in [-0.4, -0.2) is 33.4 Å². The van der Waals surface area contributed by atoms with Gasteiger partial charge in [0.25, 0.3) is 0 Å². The van der Waals surface area contributed by atoms with Gasteiger partial charge < -0.3 is 10.2 Å². The van der Waals surface area contributed by atoms with Crippen molar-refractivity contribution in [1.82, 2.24) is 20.3 Å². The predicted molar refractivity (Wildman–Crippen MR) is 106 cm³/mol. The first-order valence-electron chi connectivity index (χ1n) is 9.50. The van der Waals surface area contributed by atoms with Gasteiger partial charge in [-0.15, -0.1) is 0 Å². The Hall–Kier alpha value is -2.54. The molecule has 5 rings (SSSR count). The van der Waals surface area contributed by atoms with Crippen LogP contribution >= 0.6 is 11.3 Å². The zero-order valence-electron chi connectivity index (χ0n) is 15.0. The van der Waals surface area contributed by atoms with Gasteiger partial charge in [-0.05, 0) is 31.2 Å². The molecule has 2 fully saturated rings. The molecule has 0 spiro atoms. The quantitative estimate of drug-likeness (QED) is 0.737. The van der Waals surface area contributed by atoms with Gasteiger partial charge in [-0.3, -0.25) is 4.79 Å². The van der Waals surface area contributed by atoms with E-state index in [4.69, 9.17) is 4.98 Å². The summed E-state index contributed by atoms with van der Waals surface area (Å²) in [6.45, 7) is 1.40. The standard InChI is InChI=1S/C20H21N5OS/c26-18(22-11-13-5-2-1-3-6-13)16-7-4-10-25(16)20-24-17-19(27-20)23-15(12-21-17)14-8-9-14/h1-3,5-6,12,14,16H,4,7-11H2,(H,22,26)/t16-/m1/s1. The molecule has 3 heterocycles. The second-order valence-corrected chi connectivity index (χ2v) is 8.21. The highest BCUT2D eigenvalue weighted by Gasteiger charge is 2.33. The van der Waals surface area contributed by atoms with Crippen LogP contribution in [0.15, 0.2) is 36.5 Å². The zero-order valence-corrected chi connectivity index (χ0v) is 15.8. The number of nitrogens with one attached hydrogen (secondary N) is 1. The molecule has 1 amide bonds. The molecule has 1 saturated heterocycles. The lowest BCUT2D eigenvalue weighted by Gasteiger charge is -2.23. The molecule has 2 aliphatic rings. The first-order chi connectivity index (χ1) is 13.3. The van der Waals surface area contributed by atoms with Crippen molar-refractivity contribution in [3.8, 4) is 0 Å². The Morgan fingerprint density at radius 2 is 2.04 bits per heavy atom. The van der Waals surface area contributed by atoms with Crippen molar-refractivity contribution < 1.29 is 4.79 Å². The molecule has 1 N–H and O–H groups in total. The topological polar surface area (TPSA) is 71.0 Å². The molecule has 1 atom stereocenters. The molecule has 0 radical (unpaired) electrons. The fourth-order valence-electron chi connectivity index (χ4n) is 3.59. The van der Waals surface area contributed by atoms with Gasteiger partial charge in [0.05, 0.1) is 11.9 Å². The minimum Gasteiger partial charge on any atom is -0.350 e. The summed E-state index contributed by atoms with van der Waals surface area (Å²) < 4.78 is 0. The van der Waals surface area contributed by atoms with E-state index in [2.05, 4.69) is 20.2 Å². The van der Waals surface area contributed by atoms with E-state index >= 15 is 0 Å². The third-order valence-electron chi connectivity index (χ3n) is 5.24. The van der Waals surface area contributed by atoms with Crippen molar-refractivity contribution in [2.24, 2.45) is 0 Å². The number of anilines is 1. The summed E-state index contributed by atoms with van der Waals surface area (Å²) in [5.74, 6) is 0.644. The van der Waals surface area contributed by atoms with Gasteiger partial charge in [0.2, 0.25) is 5.91 Å². The van der Waals surface area contributed by atoms with Crippen molar-refractivity contribution in [3.05, 3.63) is 47.8 Å². The molecule has 27 heavy (non-hydrogen) atoms. The van der Waals surface area contributed by atoms with Crippen LogP contribution in [0.3, 0.4) is 0 Å². The SMILES string of the molecule is O=C(NCc1ccccc1)[C@H]1CCCN1c1nc2ncc(C3CC3)nc2s1. The summed E-state index contributed by atoms with van der Waals surface area (Å²) >= 11 is 1.55. The molecule has 1 aromatic carbocycles. The number of thiazole rings is 1. The monoisotopic (exact) mass is 379 g/mol. The maximum Gasteiger partial charge on any atom is 0.243 e. The molecule has 6 nitrogen and oxygen atoms in total. The van der Waals surface area contributed by atoms with Crippen LogP contribution in [0.4, 0.5) is 5.13 Å². The minimum atomic E-state index is -0.169. The Morgan fingerprint density at radius 3 is 2.85 bits per heavy atom. The number of hydrogen-bond donors (Lipinski definition) is 1. The average Bonchev–Trinajstić information content (AvgIpc) is 3.28. The zero-order chi connectivity index (χ0) is 18.2. The fourth-order valence-corrected chi connectivity index (χ4v) is 4.57. The normalized spacial score (nSPS) is 19.6. The number of hydrogen-bond acceptors (Lipinski definition) is 6. The van der Waals surface area contributed by atoms with Crippen LogP contribution < -0.4 is 10.2 Å². The van der Waals surface area contributed by atoms with Gasteiger partial charge in [0, 0.05) is 19.0 Å². The van der Waals surface area contributed by atoms with Crippen LogP contribution in [-0.2, 0) is 11.3 Å². The second kappa shape index (κ2) is 6.88. The van der Waals surface area contributed by atoms with E-state index < -0.39 is 0 Å². The molecule has 3 aromatic rings. The highest BCUT2D eigenvalue weighted by Crippen LogP contribution is 2.40. The summed E-state index contributed by atoms with van der Waals surface area (Å²) in [5, 5.41) is 3.93. The van der Waals surface area contributed by atoms with Crippen LogP contribution in [0, 0.1) is 0 Å². The highest BCUT2D eigenvalue weighted by atomic mass is 32.1. The number of nitrogens with zero attached hydrogens (tertiary/aromatic N) is 4. The molecular weight excluding hydrogens is 358 g/mol. The smallest absolute Gasteiger partial charge is 0.243 e. The molecule has 1 aliphatic heterocycles. The summed E-state index contributed by atoms with van der Waals surface area (Å²) in [6.07, 6.45) is 6.12. The molecule has 7 heteroatoms. The Balaban J connectivity index is 1.32. The van der Waals surface area contributed by atoms with Crippen molar-refractivity contribution in [2.45, 2.75) is 44.2 Å². The van der Waals surface area contributed by atoms with E-state index in [0.29, 0.717) is 18.1 Å². The molecule has 1 saturated carbocycles. The molecule has 0 unspecified atom stereocenters. The maximum atomic E-state index is 12.8. The number of carbonyl (C=O) groups is 1. The summed E-state index contributed by atoms with van der Waals surface area (Å²) in [6, 6.07) is 9.83. The average molecular weight is 379 g/mol. The molecule has 138 valence electrons. The summed E-state index contributed by atoms with van der Waals surface area (Å²) in [5.41, 5.74) is 2.88. The van der Waals surface area contributed by atoms with Gasteiger partial charge in [-0.2, -0.15) is 4.98 Å². The van der Waals surface area contributed by atoms with Crippen LogP contribution in [0.5, 0.6) is 0 Å². The van der Waals surface area contributed by atoms with Gasteiger partial charge in [-0.1, -0.05) is 41.7 Å². The molecule has 2 aromatic heterocycles. The van der Waals surface area contributed by atoms with Gasteiger partial charge in [0.15, 0.2) is 15.6 Å². The Bertz CT molecular complexity index is 969. The van der Waals surface area contributed by atoms with Gasteiger partial charge >= 0.3 is 0 Å². The summed E-state index contributed by atoms with van der Waals surface area (Å²) in [7, 11) is 0. The van der Waals surface area contributed by atoms with Crippen molar-refractivity contribution >= 4 is 32.9 Å². The number of carbonyl (C=O) groups excluding carboxylic acids is 1. The van der Waals surface area contributed by atoms with Crippen LogP contribution in [0.1, 0.15) is 42.9 Å². The summed E-state index contributed by atoms with van der Waals surface area (Å²) in [4.78, 5) is 29.6. The molecular formula is C20H21N5OS. The van der Waals surface area contributed by atoms with Gasteiger partial charge in [0.1, 0.15) is 6.04 Å².